The van der Waals surface area contributed by atoms with Crippen LogP contribution >= 0.6 is 11.6 Å². The van der Waals surface area contributed by atoms with E-state index in [1.807, 2.05) is 48.5 Å². The van der Waals surface area contributed by atoms with Crippen LogP contribution in [0, 0.1) is 0 Å². The fourth-order valence-corrected chi connectivity index (χ4v) is 3.21. The molecule has 3 aromatic carbocycles. The quantitative estimate of drug-likeness (QED) is 0.270. The van der Waals surface area contributed by atoms with Crippen LogP contribution in [-0.2, 0) is 9.53 Å². The molecule has 0 unspecified atom stereocenters. The van der Waals surface area contributed by atoms with Crippen molar-refractivity contribution in [3.63, 3.8) is 0 Å². The third kappa shape index (κ3) is 5.28. The summed E-state index contributed by atoms with van der Waals surface area (Å²) in [7, 11) is 1.60. The summed E-state index contributed by atoms with van der Waals surface area (Å²) in [5.74, 6) is 1.68. The molecule has 0 amide bonds. The molecule has 1 aliphatic rings. The molecular weight excluding hydrogens is 430 g/mol. The maximum atomic E-state index is 12.3. The normalized spacial score (nSPS) is 14.1. The van der Waals surface area contributed by atoms with Crippen LogP contribution in [0.3, 0.4) is 0 Å². The molecule has 1 heterocycles. The van der Waals surface area contributed by atoms with E-state index in [9.17, 15) is 4.79 Å². The van der Waals surface area contributed by atoms with E-state index in [0.717, 1.165) is 5.56 Å². The second kappa shape index (κ2) is 10.0. The molecule has 0 saturated carbocycles. The SMILES string of the molecule is COc1cccc(OCCOc2ccc(Cl)cc2/C=C2\N=C(c3ccccc3)OC2=O)c1. The number of hydrogen-bond acceptors (Lipinski definition) is 6. The van der Waals surface area contributed by atoms with E-state index >= 15 is 0 Å². The van der Waals surface area contributed by atoms with E-state index in [1.165, 1.54) is 0 Å². The minimum Gasteiger partial charge on any atom is -0.497 e. The van der Waals surface area contributed by atoms with Crippen molar-refractivity contribution in [3.8, 4) is 17.2 Å². The molecule has 0 aliphatic carbocycles. The van der Waals surface area contributed by atoms with Crippen molar-refractivity contribution in [1.29, 1.82) is 0 Å². The lowest BCUT2D eigenvalue weighted by Gasteiger charge is -2.11. The number of aliphatic imine (C=N–C) groups is 1. The zero-order valence-electron chi connectivity index (χ0n) is 17.3. The monoisotopic (exact) mass is 449 g/mol. The highest BCUT2D eigenvalue weighted by molar-refractivity contribution is 6.30. The number of esters is 1. The summed E-state index contributed by atoms with van der Waals surface area (Å²) < 4.78 is 22.1. The minimum atomic E-state index is -0.531. The Kier molecular flexibility index (Phi) is 6.72. The average molecular weight is 450 g/mol. The van der Waals surface area contributed by atoms with Gasteiger partial charge < -0.3 is 18.9 Å². The number of carbonyl (C=O) groups excluding carboxylic acids is 1. The number of cyclic esters (lactones) is 1. The summed E-state index contributed by atoms with van der Waals surface area (Å²) in [6.45, 7) is 0.613. The van der Waals surface area contributed by atoms with Crippen LogP contribution in [0.5, 0.6) is 17.2 Å². The molecule has 7 heteroatoms. The van der Waals surface area contributed by atoms with Gasteiger partial charge in [-0.3, -0.25) is 0 Å². The average Bonchev–Trinajstić information content (AvgIpc) is 3.19. The fourth-order valence-electron chi connectivity index (χ4n) is 3.03. The van der Waals surface area contributed by atoms with Crippen molar-refractivity contribution in [2.45, 2.75) is 0 Å². The molecule has 0 saturated heterocycles. The highest BCUT2D eigenvalue weighted by atomic mass is 35.5. The number of nitrogens with zero attached hydrogens (tertiary/aromatic N) is 1. The van der Waals surface area contributed by atoms with Gasteiger partial charge in [0, 0.05) is 22.2 Å². The first-order valence-corrected chi connectivity index (χ1v) is 10.3. The smallest absolute Gasteiger partial charge is 0.363 e. The number of hydrogen-bond donors (Lipinski definition) is 0. The van der Waals surface area contributed by atoms with E-state index in [1.54, 1.807) is 37.5 Å². The zero-order chi connectivity index (χ0) is 22.3. The summed E-state index contributed by atoms with van der Waals surface area (Å²) in [6, 6.07) is 21.7. The van der Waals surface area contributed by atoms with E-state index in [4.69, 9.17) is 30.5 Å². The molecule has 6 nitrogen and oxygen atoms in total. The molecule has 0 aromatic heterocycles. The van der Waals surface area contributed by atoms with Gasteiger partial charge >= 0.3 is 5.97 Å². The molecule has 3 aromatic rings. The molecule has 0 fully saturated rings. The number of rotatable bonds is 8. The third-order valence-electron chi connectivity index (χ3n) is 4.56. The largest absolute Gasteiger partial charge is 0.497 e. The zero-order valence-corrected chi connectivity index (χ0v) is 18.0. The second-order valence-electron chi connectivity index (χ2n) is 6.76. The Hall–Kier alpha value is -3.77. The Morgan fingerprint density at radius 1 is 0.938 bits per heavy atom. The third-order valence-corrected chi connectivity index (χ3v) is 4.79. The van der Waals surface area contributed by atoms with Crippen molar-refractivity contribution in [2.24, 2.45) is 4.99 Å². The molecule has 32 heavy (non-hydrogen) atoms. The maximum absolute atomic E-state index is 12.3. The first kappa shape index (κ1) is 21.5. The Balaban J connectivity index is 1.46. The van der Waals surface area contributed by atoms with Crippen LogP contribution in [0.4, 0.5) is 0 Å². The summed E-state index contributed by atoms with van der Waals surface area (Å²) in [4.78, 5) is 16.6. The predicted octanol–water partition coefficient (Wildman–Crippen LogP) is 5.15. The van der Waals surface area contributed by atoms with Gasteiger partial charge in [-0.1, -0.05) is 35.9 Å². The Labute approximate surface area is 190 Å². The van der Waals surface area contributed by atoms with Gasteiger partial charge in [0.15, 0.2) is 5.70 Å². The summed E-state index contributed by atoms with van der Waals surface area (Å²) in [5.41, 5.74) is 1.51. The number of halogens is 1. The Bertz CT molecular complexity index is 1170. The van der Waals surface area contributed by atoms with Gasteiger partial charge in [-0.15, -0.1) is 0 Å². The lowest BCUT2D eigenvalue weighted by atomic mass is 10.1. The first-order chi connectivity index (χ1) is 15.6. The van der Waals surface area contributed by atoms with Crippen molar-refractivity contribution in [2.75, 3.05) is 20.3 Å². The predicted molar refractivity (Wildman–Crippen MR) is 122 cm³/mol. The molecule has 0 radical (unpaired) electrons. The van der Waals surface area contributed by atoms with E-state index in [2.05, 4.69) is 4.99 Å². The minimum absolute atomic E-state index is 0.170. The van der Waals surface area contributed by atoms with Gasteiger partial charge in [-0.25, -0.2) is 9.79 Å². The van der Waals surface area contributed by atoms with Crippen molar-refractivity contribution in [1.82, 2.24) is 0 Å². The van der Waals surface area contributed by atoms with Gasteiger partial charge in [-0.2, -0.15) is 0 Å². The van der Waals surface area contributed by atoms with Crippen LogP contribution in [0.15, 0.2) is 83.5 Å². The van der Waals surface area contributed by atoms with Crippen molar-refractivity contribution < 1.29 is 23.7 Å². The molecule has 0 bridgehead atoms. The molecule has 1 aliphatic heterocycles. The molecule has 162 valence electrons. The summed E-state index contributed by atoms with van der Waals surface area (Å²) in [5, 5.41) is 0.510. The highest BCUT2D eigenvalue weighted by Crippen LogP contribution is 2.28. The molecular formula is C25H20ClNO5. The van der Waals surface area contributed by atoms with Crippen LogP contribution in [0.25, 0.3) is 6.08 Å². The van der Waals surface area contributed by atoms with Gasteiger partial charge in [0.25, 0.3) is 0 Å². The maximum Gasteiger partial charge on any atom is 0.363 e. The standard InChI is InChI=1S/C25H20ClNO5/c1-29-20-8-5-9-21(16-20)30-12-13-31-23-11-10-19(26)14-18(23)15-22-25(28)32-24(27-22)17-6-3-2-4-7-17/h2-11,14-16H,12-13H2,1H3/b22-15-. The molecule has 4 rings (SSSR count). The summed E-state index contributed by atoms with van der Waals surface area (Å²) in [6.07, 6.45) is 1.60. The van der Waals surface area contributed by atoms with E-state index < -0.39 is 5.97 Å². The number of benzene rings is 3. The van der Waals surface area contributed by atoms with Gasteiger partial charge in [0.1, 0.15) is 30.5 Å². The van der Waals surface area contributed by atoms with Crippen LogP contribution in [0.2, 0.25) is 5.02 Å². The Morgan fingerprint density at radius 3 is 2.53 bits per heavy atom. The van der Waals surface area contributed by atoms with E-state index in [0.29, 0.717) is 34.4 Å². The fraction of sp³-hybridized carbons (Fsp3) is 0.120. The lowest BCUT2D eigenvalue weighted by Crippen LogP contribution is -2.09. The molecule has 0 atom stereocenters. The molecule has 0 N–H and O–H groups in total. The van der Waals surface area contributed by atoms with Gasteiger partial charge in [0.05, 0.1) is 7.11 Å². The van der Waals surface area contributed by atoms with Crippen molar-refractivity contribution >= 4 is 29.5 Å². The number of carbonyl (C=O) groups is 1. The van der Waals surface area contributed by atoms with E-state index in [-0.39, 0.29) is 18.2 Å². The highest BCUT2D eigenvalue weighted by Gasteiger charge is 2.24. The van der Waals surface area contributed by atoms with Crippen molar-refractivity contribution in [3.05, 3.63) is 94.6 Å². The topological polar surface area (TPSA) is 66.3 Å². The number of methoxy groups -OCH3 is 1. The lowest BCUT2D eigenvalue weighted by molar-refractivity contribution is -0.129. The Morgan fingerprint density at radius 2 is 1.72 bits per heavy atom. The van der Waals surface area contributed by atoms with Crippen LogP contribution in [0.1, 0.15) is 11.1 Å². The summed E-state index contributed by atoms with van der Waals surface area (Å²) >= 11 is 6.16. The first-order valence-electron chi connectivity index (χ1n) is 9.89. The van der Waals surface area contributed by atoms with Crippen LogP contribution in [-0.4, -0.2) is 32.2 Å². The van der Waals surface area contributed by atoms with Crippen LogP contribution < -0.4 is 14.2 Å². The second-order valence-corrected chi connectivity index (χ2v) is 7.20. The van der Waals surface area contributed by atoms with Gasteiger partial charge in [0.2, 0.25) is 5.90 Å². The molecule has 0 spiro atoms. The number of ether oxygens (including phenoxy) is 4. The van der Waals surface area contributed by atoms with Gasteiger partial charge in [-0.05, 0) is 48.5 Å².